The summed E-state index contributed by atoms with van der Waals surface area (Å²) in [6.07, 6.45) is 2.80. The lowest BCUT2D eigenvalue weighted by Gasteiger charge is -2.12. The van der Waals surface area contributed by atoms with Crippen LogP contribution in [0.4, 0.5) is 8.78 Å². The molecule has 0 fully saturated rings. The van der Waals surface area contributed by atoms with Crippen LogP contribution in [0, 0.1) is 18.6 Å². The van der Waals surface area contributed by atoms with Gasteiger partial charge in [0.15, 0.2) is 11.6 Å². The third kappa shape index (κ3) is 2.14. The van der Waals surface area contributed by atoms with Crippen LogP contribution in [0.3, 0.4) is 0 Å². The first-order valence-electron chi connectivity index (χ1n) is 4.99. The normalized spacial score (nSPS) is 12.5. The molecule has 3 nitrogen and oxygen atoms in total. The molecule has 2 aromatic rings. The number of aliphatic hydroxyl groups excluding tert-OH is 1. The maximum Gasteiger partial charge on any atom is 0.165 e. The molecule has 1 N–H and O–H groups in total. The first-order valence-corrected chi connectivity index (χ1v) is 4.99. The van der Waals surface area contributed by atoms with Gasteiger partial charge in [-0.3, -0.25) is 9.97 Å². The molecule has 1 aromatic heterocycles. The van der Waals surface area contributed by atoms with Gasteiger partial charge in [-0.25, -0.2) is 8.78 Å². The van der Waals surface area contributed by atoms with E-state index in [4.69, 9.17) is 0 Å². The quantitative estimate of drug-likeness (QED) is 0.868. The van der Waals surface area contributed by atoms with Gasteiger partial charge in [0.2, 0.25) is 0 Å². The van der Waals surface area contributed by atoms with Crippen molar-refractivity contribution in [1.29, 1.82) is 0 Å². The summed E-state index contributed by atoms with van der Waals surface area (Å²) in [6.45, 7) is 1.46. The highest BCUT2D eigenvalue weighted by molar-refractivity contribution is 5.30. The Hall–Kier alpha value is -1.88. The predicted molar refractivity (Wildman–Crippen MR) is 57.2 cm³/mol. The average Bonchev–Trinajstić information content (AvgIpc) is 2.36. The van der Waals surface area contributed by atoms with Gasteiger partial charge >= 0.3 is 0 Å². The van der Waals surface area contributed by atoms with Crippen molar-refractivity contribution in [3.8, 4) is 0 Å². The second-order valence-electron chi connectivity index (χ2n) is 3.63. The molecule has 0 spiro atoms. The lowest BCUT2D eigenvalue weighted by molar-refractivity contribution is 0.208. The Morgan fingerprint density at radius 2 is 1.94 bits per heavy atom. The van der Waals surface area contributed by atoms with E-state index in [-0.39, 0.29) is 16.8 Å². The number of hydrogen-bond acceptors (Lipinski definition) is 3. The molecular weight excluding hydrogens is 226 g/mol. The summed E-state index contributed by atoms with van der Waals surface area (Å²) in [6, 6.07) is 2.75. The molecule has 1 heterocycles. The van der Waals surface area contributed by atoms with Crippen LogP contribution in [-0.4, -0.2) is 15.1 Å². The second kappa shape index (κ2) is 4.55. The molecule has 1 atom stereocenters. The number of halogens is 2. The van der Waals surface area contributed by atoms with Crippen LogP contribution in [0.2, 0.25) is 0 Å². The van der Waals surface area contributed by atoms with Crippen LogP contribution in [0.1, 0.15) is 22.9 Å². The SMILES string of the molecule is Cc1ccc(C(O)c2cnccn2)c(F)c1F. The van der Waals surface area contributed by atoms with Gasteiger partial charge in [-0.15, -0.1) is 0 Å². The van der Waals surface area contributed by atoms with Crippen LogP contribution < -0.4 is 0 Å². The standard InChI is InChI=1S/C12H10F2N2O/c1-7-2-3-8(11(14)10(7)13)12(17)9-6-15-4-5-16-9/h2-6,12,17H,1H3. The zero-order valence-electron chi connectivity index (χ0n) is 9.06. The molecule has 1 aromatic carbocycles. The smallest absolute Gasteiger partial charge is 0.165 e. The zero-order chi connectivity index (χ0) is 12.4. The summed E-state index contributed by atoms with van der Waals surface area (Å²) in [5.41, 5.74) is 0.223. The molecule has 88 valence electrons. The minimum Gasteiger partial charge on any atom is -0.382 e. The monoisotopic (exact) mass is 236 g/mol. The van der Waals surface area contributed by atoms with E-state index in [1.807, 2.05) is 0 Å². The summed E-state index contributed by atoms with van der Waals surface area (Å²) in [5.74, 6) is -2.01. The van der Waals surface area contributed by atoms with E-state index in [2.05, 4.69) is 9.97 Å². The molecular formula is C12H10F2N2O. The Morgan fingerprint density at radius 3 is 2.59 bits per heavy atom. The molecule has 0 bridgehead atoms. The Bertz CT molecular complexity index is 532. The third-order valence-corrected chi connectivity index (χ3v) is 2.46. The molecule has 0 amide bonds. The van der Waals surface area contributed by atoms with Gasteiger partial charge < -0.3 is 5.11 Å². The van der Waals surface area contributed by atoms with Gasteiger partial charge in [0.05, 0.1) is 11.9 Å². The highest BCUT2D eigenvalue weighted by atomic mass is 19.2. The van der Waals surface area contributed by atoms with Crippen molar-refractivity contribution in [1.82, 2.24) is 9.97 Å². The van der Waals surface area contributed by atoms with E-state index in [1.165, 1.54) is 37.6 Å². The van der Waals surface area contributed by atoms with Gasteiger partial charge in [-0.1, -0.05) is 12.1 Å². The molecule has 0 aliphatic rings. The van der Waals surface area contributed by atoms with Crippen molar-refractivity contribution < 1.29 is 13.9 Å². The van der Waals surface area contributed by atoms with Crippen molar-refractivity contribution in [2.24, 2.45) is 0 Å². The fraction of sp³-hybridized carbons (Fsp3) is 0.167. The Balaban J connectivity index is 2.45. The summed E-state index contributed by atoms with van der Waals surface area (Å²) >= 11 is 0. The van der Waals surface area contributed by atoms with Crippen molar-refractivity contribution in [3.63, 3.8) is 0 Å². The van der Waals surface area contributed by atoms with Crippen molar-refractivity contribution in [3.05, 3.63) is 59.2 Å². The highest BCUT2D eigenvalue weighted by Crippen LogP contribution is 2.25. The lowest BCUT2D eigenvalue weighted by atomic mass is 10.0. The van der Waals surface area contributed by atoms with E-state index in [0.29, 0.717) is 0 Å². The third-order valence-electron chi connectivity index (χ3n) is 2.46. The van der Waals surface area contributed by atoms with E-state index in [0.717, 1.165) is 0 Å². The largest absolute Gasteiger partial charge is 0.382 e. The van der Waals surface area contributed by atoms with E-state index in [9.17, 15) is 13.9 Å². The number of nitrogens with zero attached hydrogens (tertiary/aromatic N) is 2. The van der Waals surface area contributed by atoms with Crippen molar-refractivity contribution in [2.45, 2.75) is 13.0 Å². The Kier molecular flexibility index (Phi) is 3.10. The van der Waals surface area contributed by atoms with E-state index in [1.54, 1.807) is 0 Å². The average molecular weight is 236 g/mol. The molecule has 0 radical (unpaired) electrons. The number of hydrogen-bond donors (Lipinski definition) is 1. The predicted octanol–water partition coefficient (Wildman–Crippen LogP) is 2.14. The van der Waals surface area contributed by atoms with Crippen molar-refractivity contribution in [2.75, 3.05) is 0 Å². The molecule has 0 aliphatic heterocycles. The molecule has 0 saturated heterocycles. The van der Waals surface area contributed by atoms with Gasteiger partial charge in [0.1, 0.15) is 6.10 Å². The first-order chi connectivity index (χ1) is 8.11. The number of rotatable bonds is 2. The van der Waals surface area contributed by atoms with Crippen LogP contribution in [0.5, 0.6) is 0 Å². The molecule has 17 heavy (non-hydrogen) atoms. The van der Waals surface area contributed by atoms with E-state index >= 15 is 0 Å². The van der Waals surface area contributed by atoms with Gasteiger partial charge in [0.25, 0.3) is 0 Å². The summed E-state index contributed by atoms with van der Waals surface area (Å²) < 4.78 is 27.0. The number of aryl methyl sites for hydroxylation is 1. The number of aromatic nitrogens is 2. The molecule has 1 unspecified atom stereocenters. The lowest BCUT2D eigenvalue weighted by Crippen LogP contribution is -2.07. The zero-order valence-corrected chi connectivity index (χ0v) is 9.06. The maximum atomic E-state index is 13.6. The first kappa shape index (κ1) is 11.6. The second-order valence-corrected chi connectivity index (χ2v) is 3.63. The number of aliphatic hydroxyl groups is 1. The van der Waals surface area contributed by atoms with Gasteiger partial charge in [0, 0.05) is 18.0 Å². The summed E-state index contributed by atoms with van der Waals surface area (Å²) in [4.78, 5) is 7.61. The Morgan fingerprint density at radius 1 is 1.18 bits per heavy atom. The molecule has 2 rings (SSSR count). The molecule has 0 aliphatic carbocycles. The fourth-order valence-corrected chi connectivity index (χ4v) is 1.48. The van der Waals surface area contributed by atoms with Crippen LogP contribution in [0.25, 0.3) is 0 Å². The van der Waals surface area contributed by atoms with Crippen molar-refractivity contribution >= 4 is 0 Å². The maximum absolute atomic E-state index is 13.6. The van der Waals surface area contributed by atoms with Crippen LogP contribution in [0.15, 0.2) is 30.7 Å². The minimum atomic E-state index is -1.32. The topological polar surface area (TPSA) is 46.0 Å². The van der Waals surface area contributed by atoms with Gasteiger partial charge in [-0.2, -0.15) is 0 Å². The minimum absolute atomic E-state index is 0.145. The fourth-order valence-electron chi connectivity index (χ4n) is 1.48. The molecule has 0 saturated carbocycles. The number of benzene rings is 1. The van der Waals surface area contributed by atoms with E-state index < -0.39 is 17.7 Å². The van der Waals surface area contributed by atoms with Gasteiger partial charge in [-0.05, 0) is 12.5 Å². The molecule has 5 heteroatoms. The summed E-state index contributed by atoms with van der Waals surface area (Å²) in [7, 11) is 0. The van der Waals surface area contributed by atoms with Crippen LogP contribution in [-0.2, 0) is 0 Å². The van der Waals surface area contributed by atoms with Crippen LogP contribution >= 0.6 is 0 Å². The highest BCUT2D eigenvalue weighted by Gasteiger charge is 2.19. The summed E-state index contributed by atoms with van der Waals surface area (Å²) in [5, 5.41) is 9.88. The Labute approximate surface area is 96.8 Å².